The highest BCUT2D eigenvalue weighted by molar-refractivity contribution is 5.76. The molecule has 2 unspecified atom stereocenters. The third-order valence-corrected chi connectivity index (χ3v) is 4.59. The van der Waals surface area contributed by atoms with Gasteiger partial charge in [0.15, 0.2) is 0 Å². The first-order valence-corrected chi connectivity index (χ1v) is 7.35. The molecule has 0 bridgehead atoms. The van der Waals surface area contributed by atoms with Crippen molar-refractivity contribution in [1.82, 2.24) is 20.4 Å². The molecule has 102 valence electrons. The molecule has 0 radical (unpaired) electrons. The predicted octanol–water partition coefficient (Wildman–Crippen LogP) is 0.228. The standard InChI is InChI=1S/C13H24N4O/c18-13-15-6-10-17(13)9-5-14-11-4-8-16-7-2-1-3-12(11)16/h11-12,14H,1-10H2,(H,15,18). The number of rotatable bonds is 4. The summed E-state index contributed by atoms with van der Waals surface area (Å²) in [7, 11) is 0. The van der Waals surface area contributed by atoms with Crippen LogP contribution in [-0.2, 0) is 0 Å². The maximum absolute atomic E-state index is 11.4. The lowest BCUT2D eigenvalue weighted by atomic mass is 9.99. The number of hydrogen-bond acceptors (Lipinski definition) is 3. The largest absolute Gasteiger partial charge is 0.336 e. The first kappa shape index (κ1) is 12.2. The van der Waals surface area contributed by atoms with E-state index in [1.165, 1.54) is 38.8 Å². The number of nitrogens with one attached hydrogen (secondary N) is 2. The molecule has 3 heterocycles. The summed E-state index contributed by atoms with van der Waals surface area (Å²) in [6.45, 7) is 5.99. The molecule has 3 fully saturated rings. The molecule has 5 nitrogen and oxygen atoms in total. The molecule has 0 spiro atoms. The number of piperidine rings is 1. The van der Waals surface area contributed by atoms with E-state index in [1.54, 1.807) is 0 Å². The topological polar surface area (TPSA) is 47.6 Å². The van der Waals surface area contributed by atoms with Crippen LogP contribution in [0.25, 0.3) is 0 Å². The van der Waals surface area contributed by atoms with Gasteiger partial charge in [-0.1, -0.05) is 6.42 Å². The maximum atomic E-state index is 11.4. The lowest BCUT2D eigenvalue weighted by Gasteiger charge is -2.32. The Morgan fingerprint density at radius 3 is 3.00 bits per heavy atom. The van der Waals surface area contributed by atoms with Crippen LogP contribution in [0.4, 0.5) is 4.79 Å². The molecule has 2 amide bonds. The Bertz CT molecular complexity index is 309. The van der Waals surface area contributed by atoms with Crippen molar-refractivity contribution in [3.8, 4) is 0 Å². The summed E-state index contributed by atoms with van der Waals surface area (Å²) >= 11 is 0. The highest BCUT2D eigenvalue weighted by Gasteiger charge is 2.35. The summed E-state index contributed by atoms with van der Waals surface area (Å²) in [6.07, 6.45) is 5.38. The van der Waals surface area contributed by atoms with E-state index in [-0.39, 0.29) is 6.03 Å². The third-order valence-electron chi connectivity index (χ3n) is 4.59. The van der Waals surface area contributed by atoms with E-state index in [9.17, 15) is 4.79 Å². The van der Waals surface area contributed by atoms with Crippen LogP contribution in [0.5, 0.6) is 0 Å². The lowest BCUT2D eigenvalue weighted by molar-refractivity contribution is 0.179. The summed E-state index contributed by atoms with van der Waals surface area (Å²) in [5, 5.41) is 6.51. The molecular formula is C13H24N4O. The van der Waals surface area contributed by atoms with Crippen molar-refractivity contribution in [3.63, 3.8) is 0 Å². The molecule has 0 aromatic heterocycles. The quantitative estimate of drug-likeness (QED) is 0.753. The second-order valence-corrected chi connectivity index (χ2v) is 5.67. The van der Waals surface area contributed by atoms with Gasteiger partial charge in [-0.15, -0.1) is 0 Å². The van der Waals surface area contributed by atoms with Crippen molar-refractivity contribution in [2.45, 2.75) is 37.8 Å². The van der Waals surface area contributed by atoms with E-state index in [0.717, 1.165) is 32.2 Å². The van der Waals surface area contributed by atoms with Crippen LogP contribution < -0.4 is 10.6 Å². The Labute approximate surface area is 109 Å². The van der Waals surface area contributed by atoms with Gasteiger partial charge in [-0.2, -0.15) is 0 Å². The van der Waals surface area contributed by atoms with Gasteiger partial charge in [0.25, 0.3) is 0 Å². The van der Waals surface area contributed by atoms with Crippen molar-refractivity contribution < 1.29 is 4.79 Å². The van der Waals surface area contributed by atoms with E-state index in [4.69, 9.17) is 0 Å². The molecule has 0 aromatic rings. The second-order valence-electron chi connectivity index (χ2n) is 5.67. The van der Waals surface area contributed by atoms with Gasteiger partial charge < -0.3 is 15.5 Å². The summed E-state index contributed by atoms with van der Waals surface area (Å²) < 4.78 is 0. The molecule has 18 heavy (non-hydrogen) atoms. The minimum Gasteiger partial charge on any atom is -0.336 e. The molecule has 3 aliphatic heterocycles. The Morgan fingerprint density at radius 2 is 2.17 bits per heavy atom. The molecule has 0 saturated carbocycles. The van der Waals surface area contributed by atoms with E-state index < -0.39 is 0 Å². The average molecular weight is 252 g/mol. The highest BCUT2D eigenvalue weighted by atomic mass is 16.2. The van der Waals surface area contributed by atoms with E-state index in [2.05, 4.69) is 15.5 Å². The van der Waals surface area contributed by atoms with Crippen molar-refractivity contribution in [2.75, 3.05) is 39.3 Å². The number of fused-ring (bicyclic) bond motifs is 1. The van der Waals surface area contributed by atoms with Crippen molar-refractivity contribution in [3.05, 3.63) is 0 Å². The molecule has 2 N–H and O–H groups in total. The van der Waals surface area contributed by atoms with Gasteiger partial charge in [0.2, 0.25) is 0 Å². The Hall–Kier alpha value is -0.810. The van der Waals surface area contributed by atoms with Crippen molar-refractivity contribution >= 4 is 6.03 Å². The van der Waals surface area contributed by atoms with E-state index in [0.29, 0.717) is 6.04 Å². The number of amides is 2. The molecule has 3 rings (SSSR count). The summed E-state index contributed by atoms with van der Waals surface area (Å²) in [6, 6.07) is 1.50. The second kappa shape index (κ2) is 5.45. The van der Waals surface area contributed by atoms with Crippen molar-refractivity contribution in [1.29, 1.82) is 0 Å². The van der Waals surface area contributed by atoms with Crippen LogP contribution in [0.2, 0.25) is 0 Å². The number of carbonyl (C=O) groups excluding carboxylic acids is 1. The van der Waals surface area contributed by atoms with Crippen LogP contribution in [-0.4, -0.2) is 67.2 Å². The molecule has 3 saturated heterocycles. The molecule has 5 heteroatoms. The summed E-state index contributed by atoms with van der Waals surface area (Å²) in [5.74, 6) is 0. The first-order chi connectivity index (χ1) is 8.84. The van der Waals surface area contributed by atoms with E-state index >= 15 is 0 Å². The maximum Gasteiger partial charge on any atom is 0.317 e. The number of hydrogen-bond donors (Lipinski definition) is 2. The smallest absolute Gasteiger partial charge is 0.317 e. The lowest BCUT2D eigenvalue weighted by Crippen LogP contribution is -2.46. The monoisotopic (exact) mass is 252 g/mol. The average Bonchev–Trinajstić information content (AvgIpc) is 2.97. The van der Waals surface area contributed by atoms with Crippen LogP contribution in [0, 0.1) is 0 Å². The predicted molar refractivity (Wildman–Crippen MR) is 70.6 cm³/mol. The van der Waals surface area contributed by atoms with Gasteiger partial charge in [0.05, 0.1) is 0 Å². The molecule has 0 aliphatic carbocycles. The minimum absolute atomic E-state index is 0.0996. The van der Waals surface area contributed by atoms with Gasteiger partial charge in [-0.3, -0.25) is 4.90 Å². The SMILES string of the molecule is O=C1NCCN1CCNC1CCN2CCCCC12. The molecule has 2 atom stereocenters. The first-order valence-electron chi connectivity index (χ1n) is 7.35. The minimum atomic E-state index is 0.0996. The van der Waals surface area contributed by atoms with Gasteiger partial charge >= 0.3 is 6.03 Å². The fourth-order valence-corrected chi connectivity index (χ4v) is 3.59. The molecule has 3 aliphatic rings. The van der Waals surface area contributed by atoms with Gasteiger partial charge in [0, 0.05) is 44.8 Å². The third kappa shape index (κ3) is 2.47. The zero-order chi connectivity index (χ0) is 12.4. The number of nitrogens with zero attached hydrogens (tertiary/aromatic N) is 2. The Morgan fingerprint density at radius 1 is 1.22 bits per heavy atom. The molecule has 0 aromatic carbocycles. The highest BCUT2D eigenvalue weighted by Crippen LogP contribution is 2.26. The normalized spacial score (nSPS) is 32.7. The van der Waals surface area contributed by atoms with Crippen molar-refractivity contribution in [2.24, 2.45) is 0 Å². The number of urea groups is 1. The Kier molecular flexibility index (Phi) is 3.70. The van der Waals surface area contributed by atoms with Crippen LogP contribution in [0.1, 0.15) is 25.7 Å². The summed E-state index contributed by atoms with van der Waals surface area (Å²) in [4.78, 5) is 16.0. The van der Waals surface area contributed by atoms with E-state index in [1.807, 2.05) is 4.90 Å². The fourth-order valence-electron chi connectivity index (χ4n) is 3.59. The van der Waals surface area contributed by atoms with Gasteiger partial charge in [-0.25, -0.2) is 4.79 Å². The van der Waals surface area contributed by atoms with Crippen LogP contribution >= 0.6 is 0 Å². The van der Waals surface area contributed by atoms with Crippen LogP contribution in [0.3, 0.4) is 0 Å². The van der Waals surface area contributed by atoms with Crippen LogP contribution in [0.15, 0.2) is 0 Å². The summed E-state index contributed by atoms with van der Waals surface area (Å²) in [5.41, 5.74) is 0. The zero-order valence-electron chi connectivity index (χ0n) is 11.0. The molecular weight excluding hydrogens is 228 g/mol. The number of carbonyl (C=O) groups is 1. The Balaban J connectivity index is 1.42. The fraction of sp³-hybridized carbons (Fsp3) is 0.923. The zero-order valence-corrected chi connectivity index (χ0v) is 11.0. The van der Waals surface area contributed by atoms with Gasteiger partial charge in [0.1, 0.15) is 0 Å². The van der Waals surface area contributed by atoms with Gasteiger partial charge in [-0.05, 0) is 25.8 Å².